The van der Waals surface area contributed by atoms with Gasteiger partial charge in [-0.1, -0.05) is 65.2 Å². The normalized spacial score (nSPS) is 22.9. The third-order valence-electron chi connectivity index (χ3n) is 9.58. The third-order valence-corrected chi connectivity index (χ3v) is 9.58. The average molecular weight is 651 g/mol. The molecule has 0 heterocycles. The molecule has 0 saturated heterocycles. The van der Waals surface area contributed by atoms with Crippen molar-refractivity contribution in [1.29, 1.82) is 0 Å². The minimum atomic E-state index is -1.51. The van der Waals surface area contributed by atoms with E-state index in [1.807, 2.05) is 24.3 Å². The second-order valence-electron chi connectivity index (χ2n) is 13.6. The Bertz CT molecular complexity index is 879. The van der Waals surface area contributed by atoms with Crippen LogP contribution in [-0.4, -0.2) is 49.7 Å². The van der Waals surface area contributed by atoms with Crippen LogP contribution >= 0.6 is 0 Å². The first kappa shape index (κ1) is 38.1. The quantitative estimate of drug-likeness (QED) is 0.0919. The van der Waals surface area contributed by atoms with Crippen LogP contribution in [0.25, 0.3) is 0 Å². The molecule has 2 atom stereocenters. The number of halogens is 2. The van der Waals surface area contributed by atoms with Crippen molar-refractivity contribution in [2.75, 3.05) is 13.2 Å². The van der Waals surface area contributed by atoms with Crippen LogP contribution < -0.4 is 9.47 Å². The number of carbonyl (C=O) groups is 2. The summed E-state index contributed by atoms with van der Waals surface area (Å²) in [4.78, 5) is 24.3. The fourth-order valence-electron chi connectivity index (χ4n) is 6.46. The first-order chi connectivity index (χ1) is 22.4. The van der Waals surface area contributed by atoms with Crippen LogP contribution in [0.3, 0.4) is 0 Å². The van der Waals surface area contributed by atoms with Crippen molar-refractivity contribution in [2.24, 2.45) is 11.8 Å². The van der Waals surface area contributed by atoms with E-state index in [0.717, 1.165) is 127 Å². The van der Waals surface area contributed by atoms with E-state index in [1.165, 1.54) is 0 Å². The molecule has 0 spiro atoms. The van der Waals surface area contributed by atoms with Crippen LogP contribution in [0.15, 0.2) is 24.3 Å². The SMILES string of the molecule is CCCCCCC[C@@H](F)C(=O)O[C@H]1CC[C@H](COc2ccc(OC[C@H]3CC[C@H](OC(=O)[C@H](F)CCCCCCC)CC3)cc2)CC1. The van der Waals surface area contributed by atoms with E-state index in [9.17, 15) is 18.4 Å². The monoisotopic (exact) mass is 650 g/mol. The van der Waals surface area contributed by atoms with Crippen LogP contribution in [0, 0.1) is 11.8 Å². The minimum absolute atomic E-state index is 0.194. The van der Waals surface area contributed by atoms with Crippen molar-refractivity contribution in [1.82, 2.24) is 0 Å². The van der Waals surface area contributed by atoms with Crippen molar-refractivity contribution < 1.29 is 37.3 Å². The maximum absolute atomic E-state index is 14.2. The van der Waals surface area contributed by atoms with Crippen molar-refractivity contribution in [3.05, 3.63) is 24.3 Å². The summed E-state index contributed by atoms with van der Waals surface area (Å²) in [6, 6.07) is 7.67. The van der Waals surface area contributed by atoms with Gasteiger partial charge in [-0.3, -0.25) is 0 Å². The fraction of sp³-hybridized carbons (Fsp3) is 0.789. The van der Waals surface area contributed by atoms with Crippen LogP contribution in [0.5, 0.6) is 11.5 Å². The van der Waals surface area contributed by atoms with Gasteiger partial charge < -0.3 is 18.9 Å². The smallest absolute Gasteiger partial charge is 0.340 e. The molecule has 2 aliphatic rings. The Hall–Kier alpha value is -2.38. The summed E-state index contributed by atoms with van der Waals surface area (Å²) in [7, 11) is 0. The molecular formula is C38H60F2O6. The molecule has 0 radical (unpaired) electrons. The number of rotatable bonds is 22. The van der Waals surface area contributed by atoms with Gasteiger partial charge in [0.1, 0.15) is 23.7 Å². The summed E-state index contributed by atoms with van der Waals surface area (Å²) in [5.74, 6) is 0.948. The molecule has 2 aliphatic carbocycles. The molecule has 3 rings (SSSR count). The van der Waals surface area contributed by atoms with Gasteiger partial charge in [0.2, 0.25) is 0 Å². The van der Waals surface area contributed by atoms with Crippen LogP contribution in [-0.2, 0) is 19.1 Å². The molecule has 2 saturated carbocycles. The number of esters is 2. The van der Waals surface area contributed by atoms with Gasteiger partial charge >= 0.3 is 11.9 Å². The van der Waals surface area contributed by atoms with Crippen LogP contribution in [0.4, 0.5) is 8.78 Å². The van der Waals surface area contributed by atoms with Gasteiger partial charge in [-0.2, -0.15) is 0 Å². The highest BCUT2D eigenvalue weighted by atomic mass is 19.1. The van der Waals surface area contributed by atoms with Gasteiger partial charge in [0.15, 0.2) is 12.3 Å². The molecule has 8 heteroatoms. The predicted molar refractivity (Wildman–Crippen MR) is 178 cm³/mol. The van der Waals surface area contributed by atoms with E-state index >= 15 is 0 Å². The maximum Gasteiger partial charge on any atom is 0.340 e. The molecule has 1 aromatic carbocycles. The first-order valence-electron chi connectivity index (χ1n) is 18.4. The lowest BCUT2D eigenvalue weighted by Gasteiger charge is -2.29. The van der Waals surface area contributed by atoms with Gasteiger partial charge in [-0.25, -0.2) is 18.4 Å². The van der Waals surface area contributed by atoms with Gasteiger partial charge in [-0.15, -0.1) is 0 Å². The topological polar surface area (TPSA) is 71.1 Å². The summed E-state index contributed by atoms with van der Waals surface area (Å²) < 4.78 is 51.4. The molecular weight excluding hydrogens is 590 g/mol. The summed E-state index contributed by atoms with van der Waals surface area (Å²) in [5, 5.41) is 0. The molecule has 262 valence electrons. The van der Waals surface area contributed by atoms with Crippen LogP contribution in [0.1, 0.15) is 142 Å². The van der Waals surface area contributed by atoms with E-state index in [2.05, 4.69) is 13.8 Å². The lowest BCUT2D eigenvalue weighted by atomic mass is 9.88. The van der Waals surface area contributed by atoms with Crippen molar-refractivity contribution in [2.45, 2.75) is 167 Å². The predicted octanol–water partition coefficient (Wildman–Crippen LogP) is 10.0. The number of ether oxygens (including phenoxy) is 4. The second kappa shape index (κ2) is 22.2. The summed E-state index contributed by atoms with van der Waals surface area (Å²) in [6.45, 7) is 5.48. The van der Waals surface area contributed by atoms with E-state index in [-0.39, 0.29) is 25.0 Å². The van der Waals surface area contributed by atoms with E-state index in [1.54, 1.807) is 0 Å². The Morgan fingerprint density at radius 3 is 1.28 bits per heavy atom. The minimum Gasteiger partial charge on any atom is -0.493 e. The number of alkyl halides is 2. The molecule has 6 nitrogen and oxygen atoms in total. The molecule has 0 N–H and O–H groups in total. The zero-order valence-electron chi connectivity index (χ0n) is 28.5. The number of unbranched alkanes of at least 4 members (excludes halogenated alkanes) is 8. The van der Waals surface area contributed by atoms with Gasteiger partial charge in [0, 0.05) is 0 Å². The Morgan fingerprint density at radius 1 is 0.587 bits per heavy atom. The van der Waals surface area contributed by atoms with Crippen molar-refractivity contribution >= 4 is 11.9 Å². The largest absolute Gasteiger partial charge is 0.493 e. The zero-order chi connectivity index (χ0) is 33.0. The lowest BCUT2D eigenvalue weighted by Crippen LogP contribution is -2.30. The molecule has 0 unspecified atom stereocenters. The second-order valence-corrected chi connectivity index (χ2v) is 13.6. The summed E-state index contributed by atoms with van der Waals surface area (Å²) in [6.07, 6.45) is 13.9. The third kappa shape index (κ3) is 15.0. The maximum atomic E-state index is 14.2. The van der Waals surface area contributed by atoms with Crippen LogP contribution in [0.2, 0.25) is 0 Å². The number of benzene rings is 1. The van der Waals surface area contributed by atoms with Gasteiger partial charge in [-0.05, 0) is 113 Å². The summed E-state index contributed by atoms with van der Waals surface area (Å²) >= 11 is 0. The Kier molecular flexibility index (Phi) is 18.4. The molecule has 0 aliphatic heterocycles. The molecule has 0 amide bonds. The van der Waals surface area contributed by atoms with E-state index in [4.69, 9.17) is 18.9 Å². The Labute approximate surface area is 276 Å². The highest BCUT2D eigenvalue weighted by molar-refractivity contribution is 5.75. The number of carbonyl (C=O) groups excluding carboxylic acids is 2. The Balaban J connectivity index is 1.23. The van der Waals surface area contributed by atoms with Crippen molar-refractivity contribution in [3.8, 4) is 11.5 Å². The molecule has 0 aromatic heterocycles. The molecule has 46 heavy (non-hydrogen) atoms. The standard InChI is InChI=1S/C38H60F2O6/c1-3-5-7-9-11-13-35(39)37(41)45-33-19-15-29(16-20-33)27-43-31-23-25-32(26-24-31)44-28-30-17-21-34(22-18-30)46-38(42)36(40)14-12-10-8-6-4-2/h23-26,29-30,33-36H,3-22,27-28H2,1-2H3/t29-,30-,33-,34-,35-,36-/m1/s1. The highest BCUT2D eigenvalue weighted by Gasteiger charge is 2.29. The summed E-state index contributed by atoms with van der Waals surface area (Å²) in [5.41, 5.74) is 0. The zero-order valence-corrected chi connectivity index (χ0v) is 28.5. The number of hydrogen-bond acceptors (Lipinski definition) is 6. The molecule has 0 bridgehead atoms. The molecule has 1 aromatic rings. The van der Waals surface area contributed by atoms with Gasteiger partial charge in [0.05, 0.1) is 13.2 Å². The lowest BCUT2D eigenvalue weighted by molar-refractivity contribution is -0.158. The molecule has 2 fully saturated rings. The number of hydrogen-bond donors (Lipinski definition) is 0. The van der Waals surface area contributed by atoms with Gasteiger partial charge in [0.25, 0.3) is 0 Å². The van der Waals surface area contributed by atoms with Crippen molar-refractivity contribution in [3.63, 3.8) is 0 Å². The van der Waals surface area contributed by atoms with E-state index in [0.29, 0.717) is 25.0 Å². The average Bonchev–Trinajstić information content (AvgIpc) is 3.07. The van der Waals surface area contributed by atoms with E-state index < -0.39 is 24.3 Å². The fourth-order valence-corrected chi connectivity index (χ4v) is 6.46. The Morgan fingerprint density at radius 2 is 0.935 bits per heavy atom. The highest BCUT2D eigenvalue weighted by Crippen LogP contribution is 2.30. The first-order valence-corrected chi connectivity index (χ1v) is 18.4.